The third-order valence-electron chi connectivity index (χ3n) is 4.06. The summed E-state index contributed by atoms with van der Waals surface area (Å²) in [6.45, 7) is 5.35. The van der Waals surface area contributed by atoms with E-state index in [1.807, 2.05) is 32.0 Å². The molecule has 3 aromatic rings. The second-order valence-corrected chi connectivity index (χ2v) is 5.62. The van der Waals surface area contributed by atoms with Crippen molar-refractivity contribution in [3.05, 3.63) is 35.4 Å². The van der Waals surface area contributed by atoms with Gasteiger partial charge >= 0.3 is 0 Å². The van der Waals surface area contributed by atoms with E-state index in [1.165, 1.54) is 0 Å². The molecule has 22 heavy (non-hydrogen) atoms. The summed E-state index contributed by atoms with van der Waals surface area (Å²) in [6.07, 6.45) is 0.945. The first-order valence-electron chi connectivity index (χ1n) is 7.37. The van der Waals surface area contributed by atoms with Crippen molar-refractivity contribution in [1.29, 1.82) is 0 Å². The van der Waals surface area contributed by atoms with E-state index < -0.39 is 0 Å². The van der Waals surface area contributed by atoms with E-state index in [1.54, 1.807) is 0 Å². The predicted molar refractivity (Wildman–Crippen MR) is 80.5 cm³/mol. The van der Waals surface area contributed by atoms with Crippen molar-refractivity contribution in [1.82, 2.24) is 20.1 Å². The molecule has 2 aromatic heterocycles. The van der Waals surface area contributed by atoms with Crippen LogP contribution in [0, 0.1) is 13.8 Å². The zero-order valence-corrected chi connectivity index (χ0v) is 12.5. The first-order chi connectivity index (χ1) is 10.7. The van der Waals surface area contributed by atoms with Crippen molar-refractivity contribution in [3.63, 3.8) is 0 Å². The average Bonchev–Trinajstić information content (AvgIpc) is 3.19. The predicted octanol–water partition coefficient (Wildman–Crippen LogP) is 2.80. The van der Waals surface area contributed by atoms with Crippen LogP contribution in [-0.2, 0) is 4.74 Å². The Morgan fingerprint density at radius 3 is 2.64 bits per heavy atom. The fourth-order valence-electron chi connectivity index (χ4n) is 2.62. The van der Waals surface area contributed by atoms with E-state index >= 15 is 0 Å². The van der Waals surface area contributed by atoms with Crippen LogP contribution < -0.4 is 0 Å². The molecule has 1 aromatic carbocycles. The van der Waals surface area contributed by atoms with Crippen LogP contribution in [0.25, 0.3) is 22.5 Å². The maximum Gasteiger partial charge on any atom is 0.258 e. The smallest absolute Gasteiger partial charge is 0.258 e. The Labute approximate surface area is 127 Å². The molecular weight excluding hydrogens is 280 g/mol. The molecule has 112 valence electrons. The lowest BCUT2D eigenvalue weighted by Gasteiger charge is -2.03. The summed E-state index contributed by atoms with van der Waals surface area (Å²) >= 11 is 0. The lowest BCUT2D eigenvalue weighted by atomic mass is 10.1. The summed E-state index contributed by atoms with van der Waals surface area (Å²) in [5, 5.41) is 4.08. The summed E-state index contributed by atoms with van der Waals surface area (Å²) in [5.74, 6) is 1.48. The van der Waals surface area contributed by atoms with E-state index in [2.05, 4.69) is 20.1 Å². The molecule has 4 rings (SSSR count). The summed E-state index contributed by atoms with van der Waals surface area (Å²) in [7, 11) is 0. The largest absolute Gasteiger partial charge is 0.381 e. The van der Waals surface area contributed by atoms with Gasteiger partial charge in [0.15, 0.2) is 5.82 Å². The van der Waals surface area contributed by atoms with Gasteiger partial charge < -0.3 is 9.26 Å². The third-order valence-corrected chi connectivity index (χ3v) is 4.06. The highest BCUT2D eigenvalue weighted by atomic mass is 16.5. The SMILES string of the molecule is Cc1nc2ccc(-c3nc([C@@H]4CCOC4)no3)cc2nc1C. The Bertz CT molecular complexity index is 837. The number of aromatic nitrogens is 4. The van der Waals surface area contributed by atoms with Gasteiger partial charge in [0.25, 0.3) is 5.89 Å². The summed E-state index contributed by atoms with van der Waals surface area (Å²) in [4.78, 5) is 13.6. The Hall–Kier alpha value is -2.34. The lowest BCUT2D eigenvalue weighted by molar-refractivity contribution is 0.192. The van der Waals surface area contributed by atoms with Gasteiger partial charge in [-0.25, -0.2) is 9.97 Å². The van der Waals surface area contributed by atoms with Gasteiger partial charge in [-0.15, -0.1) is 0 Å². The summed E-state index contributed by atoms with van der Waals surface area (Å²) in [6, 6.07) is 5.82. The van der Waals surface area contributed by atoms with Crippen molar-refractivity contribution in [3.8, 4) is 11.5 Å². The molecule has 1 aliphatic rings. The second-order valence-electron chi connectivity index (χ2n) is 5.62. The summed E-state index contributed by atoms with van der Waals surface area (Å²) < 4.78 is 10.8. The van der Waals surface area contributed by atoms with Crippen LogP contribution in [0.4, 0.5) is 0 Å². The zero-order chi connectivity index (χ0) is 15.1. The van der Waals surface area contributed by atoms with Crippen LogP contribution in [0.1, 0.15) is 29.6 Å². The van der Waals surface area contributed by atoms with Gasteiger partial charge in [-0.1, -0.05) is 5.16 Å². The molecule has 0 radical (unpaired) electrons. The third kappa shape index (κ3) is 2.25. The van der Waals surface area contributed by atoms with Crippen LogP contribution in [0.3, 0.4) is 0 Å². The highest BCUT2D eigenvalue weighted by Gasteiger charge is 2.23. The molecule has 0 saturated carbocycles. The van der Waals surface area contributed by atoms with Gasteiger partial charge in [-0.05, 0) is 38.5 Å². The first kappa shape index (κ1) is 13.3. The normalized spacial score (nSPS) is 18.2. The molecule has 0 unspecified atom stereocenters. The molecule has 0 spiro atoms. The number of rotatable bonds is 2. The van der Waals surface area contributed by atoms with Gasteiger partial charge in [0.05, 0.1) is 29.0 Å². The maximum atomic E-state index is 5.40. The zero-order valence-electron chi connectivity index (χ0n) is 12.5. The van der Waals surface area contributed by atoms with E-state index in [9.17, 15) is 0 Å². The Kier molecular flexibility index (Phi) is 3.11. The quantitative estimate of drug-likeness (QED) is 0.724. The van der Waals surface area contributed by atoms with Gasteiger partial charge in [0.2, 0.25) is 0 Å². The second kappa shape index (κ2) is 5.14. The minimum Gasteiger partial charge on any atom is -0.381 e. The first-order valence-corrected chi connectivity index (χ1v) is 7.37. The van der Waals surface area contributed by atoms with E-state index in [4.69, 9.17) is 9.26 Å². The van der Waals surface area contributed by atoms with Crippen LogP contribution in [-0.4, -0.2) is 33.3 Å². The van der Waals surface area contributed by atoms with Crippen LogP contribution in [0.2, 0.25) is 0 Å². The van der Waals surface area contributed by atoms with E-state index in [0.29, 0.717) is 12.5 Å². The molecule has 1 saturated heterocycles. The number of hydrogen-bond donors (Lipinski definition) is 0. The minimum absolute atomic E-state index is 0.239. The summed E-state index contributed by atoms with van der Waals surface area (Å²) in [5.41, 5.74) is 4.45. The average molecular weight is 296 g/mol. The molecule has 6 nitrogen and oxygen atoms in total. The van der Waals surface area contributed by atoms with Crippen molar-refractivity contribution in [2.24, 2.45) is 0 Å². The van der Waals surface area contributed by atoms with Crippen molar-refractivity contribution >= 4 is 11.0 Å². The van der Waals surface area contributed by atoms with E-state index in [-0.39, 0.29) is 5.92 Å². The van der Waals surface area contributed by atoms with Gasteiger partial charge in [0, 0.05) is 18.1 Å². The molecule has 3 heterocycles. The number of hydrogen-bond acceptors (Lipinski definition) is 6. The molecule has 0 aliphatic carbocycles. The molecule has 0 bridgehead atoms. The maximum absolute atomic E-state index is 5.40. The standard InChI is InChI=1S/C16H16N4O2/c1-9-10(2)18-14-7-11(3-4-13(14)17-9)16-19-15(20-22-16)12-5-6-21-8-12/h3-4,7,12H,5-6,8H2,1-2H3/t12-/m1/s1. The van der Waals surface area contributed by atoms with Gasteiger partial charge in [0.1, 0.15) is 0 Å². The Balaban J connectivity index is 1.72. The Morgan fingerprint density at radius 1 is 1.05 bits per heavy atom. The molecular formula is C16H16N4O2. The number of ether oxygens (including phenoxy) is 1. The molecule has 1 atom stereocenters. The molecule has 1 aliphatic heterocycles. The number of nitrogens with zero attached hydrogens (tertiary/aromatic N) is 4. The number of aryl methyl sites for hydroxylation is 2. The molecule has 0 amide bonds. The fraction of sp³-hybridized carbons (Fsp3) is 0.375. The fourth-order valence-corrected chi connectivity index (χ4v) is 2.62. The Morgan fingerprint density at radius 2 is 1.86 bits per heavy atom. The molecule has 6 heteroatoms. The topological polar surface area (TPSA) is 73.9 Å². The van der Waals surface area contributed by atoms with Crippen molar-refractivity contribution in [2.45, 2.75) is 26.2 Å². The molecule has 1 fully saturated rings. The number of benzene rings is 1. The van der Waals surface area contributed by atoms with Crippen LogP contribution in [0.5, 0.6) is 0 Å². The van der Waals surface area contributed by atoms with Gasteiger partial charge in [-0.3, -0.25) is 0 Å². The monoisotopic (exact) mass is 296 g/mol. The molecule has 0 N–H and O–H groups in total. The minimum atomic E-state index is 0.239. The van der Waals surface area contributed by atoms with Crippen LogP contribution in [0.15, 0.2) is 22.7 Å². The number of fused-ring (bicyclic) bond motifs is 1. The van der Waals surface area contributed by atoms with Crippen LogP contribution >= 0.6 is 0 Å². The highest BCUT2D eigenvalue weighted by molar-refractivity contribution is 5.79. The van der Waals surface area contributed by atoms with Crippen molar-refractivity contribution < 1.29 is 9.26 Å². The van der Waals surface area contributed by atoms with Gasteiger partial charge in [-0.2, -0.15) is 4.98 Å². The lowest BCUT2D eigenvalue weighted by Crippen LogP contribution is -1.99. The highest BCUT2D eigenvalue weighted by Crippen LogP contribution is 2.27. The van der Waals surface area contributed by atoms with E-state index in [0.717, 1.165) is 46.8 Å². The van der Waals surface area contributed by atoms with Crippen molar-refractivity contribution in [2.75, 3.05) is 13.2 Å².